The van der Waals surface area contributed by atoms with E-state index in [4.69, 9.17) is 0 Å². The lowest BCUT2D eigenvalue weighted by Crippen LogP contribution is -2.40. The number of aliphatic hydroxyl groups is 1. The van der Waals surface area contributed by atoms with Gasteiger partial charge < -0.3 is 10.1 Å². The Balaban J connectivity index is 0.00000141. The molecule has 35 heavy (non-hydrogen) atoms. The van der Waals surface area contributed by atoms with Crippen LogP contribution in [0.3, 0.4) is 0 Å². The molecular weight excluding hydrogens is 456 g/mol. The number of rotatable bonds is 5. The van der Waals surface area contributed by atoms with Crippen molar-refractivity contribution >= 4 is 10.9 Å². The third kappa shape index (κ3) is 5.12. The molecule has 2 aromatic carbocycles. The van der Waals surface area contributed by atoms with Gasteiger partial charge in [-0.3, -0.25) is 4.90 Å². The second-order valence-corrected chi connectivity index (χ2v) is 9.40. The molecule has 0 radical (unpaired) electrons. The molecule has 5 rings (SSSR count). The molecule has 190 valence electrons. The molecule has 1 atom stereocenters. The molecule has 7 heteroatoms. The van der Waals surface area contributed by atoms with Crippen molar-refractivity contribution < 1.29 is 22.7 Å². The molecule has 2 N–H and O–H groups in total. The molecule has 1 aliphatic heterocycles. The highest BCUT2D eigenvalue weighted by Crippen LogP contribution is 2.42. The second-order valence-electron chi connectivity index (χ2n) is 9.40. The van der Waals surface area contributed by atoms with Gasteiger partial charge in [0.2, 0.25) is 0 Å². The minimum Gasteiger partial charge on any atom is -0.396 e. The number of halogens is 4. The Morgan fingerprint density at radius 2 is 1.69 bits per heavy atom. The lowest BCUT2D eigenvalue weighted by Gasteiger charge is -2.36. The van der Waals surface area contributed by atoms with E-state index >= 15 is 8.78 Å². The van der Waals surface area contributed by atoms with E-state index in [1.165, 1.54) is 17.0 Å². The topological polar surface area (TPSA) is 39.3 Å². The van der Waals surface area contributed by atoms with Gasteiger partial charge in [-0.25, -0.2) is 17.6 Å². The first-order valence-corrected chi connectivity index (χ1v) is 12.7. The zero-order chi connectivity index (χ0) is 25.1. The molecule has 2 heterocycles. The van der Waals surface area contributed by atoms with Crippen LogP contribution in [0.25, 0.3) is 10.9 Å². The number of alkyl halides is 2. The van der Waals surface area contributed by atoms with Crippen LogP contribution >= 0.6 is 0 Å². The minimum atomic E-state index is -2.61. The van der Waals surface area contributed by atoms with E-state index in [2.05, 4.69) is 4.98 Å². The van der Waals surface area contributed by atoms with Crippen LogP contribution in [-0.4, -0.2) is 41.1 Å². The number of aromatic amines is 1. The van der Waals surface area contributed by atoms with Crippen molar-refractivity contribution in [2.75, 3.05) is 19.7 Å². The number of aliphatic hydroxyl groups excluding tert-OH is 1. The highest BCUT2D eigenvalue weighted by molar-refractivity contribution is 5.85. The van der Waals surface area contributed by atoms with Crippen LogP contribution in [0.5, 0.6) is 0 Å². The molecule has 2 aliphatic rings. The van der Waals surface area contributed by atoms with Crippen LogP contribution in [-0.2, 0) is 6.42 Å². The average molecular weight is 491 g/mol. The van der Waals surface area contributed by atoms with Gasteiger partial charge >= 0.3 is 0 Å². The number of aromatic nitrogens is 1. The Hall–Kier alpha value is -2.38. The number of hydrogen-bond donors (Lipinski definition) is 2. The van der Waals surface area contributed by atoms with E-state index in [0.29, 0.717) is 24.2 Å². The lowest BCUT2D eigenvalue weighted by atomic mass is 9.78. The van der Waals surface area contributed by atoms with Crippen LogP contribution in [0, 0.1) is 17.6 Å². The van der Waals surface area contributed by atoms with Gasteiger partial charge in [0.15, 0.2) is 0 Å². The van der Waals surface area contributed by atoms with Crippen LogP contribution in [0.15, 0.2) is 36.4 Å². The second kappa shape index (κ2) is 11.1. The number of fused-ring (bicyclic) bond motifs is 3. The first kappa shape index (κ1) is 25.7. The summed E-state index contributed by atoms with van der Waals surface area (Å²) in [7, 11) is 0. The van der Waals surface area contributed by atoms with E-state index in [9.17, 15) is 13.9 Å². The summed E-state index contributed by atoms with van der Waals surface area (Å²) in [6, 6.07) is 9.45. The first-order valence-electron chi connectivity index (χ1n) is 12.7. The molecule has 0 amide bonds. The summed E-state index contributed by atoms with van der Waals surface area (Å²) in [4.78, 5) is 4.75. The third-order valence-electron chi connectivity index (χ3n) is 7.46. The van der Waals surface area contributed by atoms with Gasteiger partial charge in [0, 0.05) is 35.3 Å². The van der Waals surface area contributed by atoms with E-state index in [1.807, 2.05) is 38.1 Å². The smallest absolute Gasteiger partial charge is 0.251 e. The summed E-state index contributed by atoms with van der Waals surface area (Å²) < 4.78 is 57.9. The van der Waals surface area contributed by atoms with E-state index in [0.717, 1.165) is 42.1 Å². The summed E-state index contributed by atoms with van der Waals surface area (Å²) in [6.45, 7) is 3.89. The quantitative estimate of drug-likeness (QED) is 0.380. The summed E-state index contributed by atoms with van der Waals surface area (Å²) in [5.41, 5.74) is 2.81. The van der Waals surface area contributed by atoms with Crippen LogP contribution in [0.2, 0.25) is 0 Å². The molecule has 1 aliphatic carbocycles. The van der Waals surface area contributed by atoms with Gasteiger partial charge in [-0.1, -0.05) is 32.0 Å². The SMILES string of the molecule is CC.OCC1CCC(c2cc(F)c(C3c4[nH]c5ccccc5c4CCN3CC(F)F)c(F)c2)CC1. The first-order chi connectivity index (χ1) is 17.0. The zero-order valence-electron chi connectivity index (χ0n) is 20.3. The van der Waals surface area contributed by atoms with Gasteiger partial charge in [0.1, 0.15) is 11.6 Å². The van der Waals surface area contributed by atoms with Crippen molar-refractivity contribution in [3.8, 4) is 0 Å². The molecule has 1 unspecified atom stereocenters. The summed E-state index contributed by atoms with van der Waals surface area (Å²) in [6.07, 6.45) is 1.14. The Kier molecular flexibility index (Phi) is 8.17. The number of nitrogens with one attached hydrogen (secondary N) is 1. The zero-order valence-corrected chi connectivity index (χ0v) is 20.3. The fraction of sp³-hybridized carbons (Fsp3) is 0.500. The van der Waals surface area contributed by atoms with Crippen molar-refractivity contribution in [2.24, 2.45) is 5.92 Å². The molecule has 0 spiro atoms. The standard InChI is InChI=1S/C26H28F4N2O.C2H6/c27-20-11-17(16-7-5-15(14-33)6-8-16)12-21(28)24(20)26-25-19(9-10-32(26)13-23(29)30)18-3-1-2-4-22(18)31-25;1-2/h1-4,11-12,15-16,23,26,31,33H,5-10,13-14H2;1-2H3. The van der Waals surface area contributed by atoms with Gasteiger partial charge in [-0.15, -0.1) is 0 Å². The highest BCUT2D eigenvalue weighted by Gasteiger charge is 2.37. The Morgan fingerprint density at radius 1 is 1.03 bits per heavy atom. The van der Waals surface area contributed by atoms with Gasteiger partial charge in [0.25, 0.3) is 6.43 Å². The molecule has 0 saturated heterocycles. The predicted octanol–water partition coefficient (Wildman–Crippen LogP) is 6.95. The van der Waals surface area contributed by atoms with Crippen molar-refractivity contribution in [1.82, 2.24) is 9.88 Å². The van der Waals surface area contributed by atoms with Gasteiger partial charge in [0.05, 0.1) is 12.6 Å². The van der Waals surface area contributed by atoms with E-state index in [1.54, 1.807) is 0 Å². The molecular formula is C28H34F4N2O. The predicted molar refractivity (Wildman–Crippen MR) is 131 cm³/mol. The Morgan fingerprint density at radius 3 is 2.31 bits per heavy atom. The van der Waals surface area contributed by atoms with Crippen LogP contribution in [0.4, 0.5) is 17.6 Å². The van der Waals surface area contributed by atoms with Crippen molar-refractivity contribution in [1.29, 1.82) is 0 Å². The van der Waals surface area contributed by atoms with Crippen molar-refractivity contribution in [3.63, 3.8) is 0 Å². The molecule has 3 aromatic rings. The average Bonchev–Trinajstić information content (AvgIpc) is 3.24. The summed E-state index contributed by atoms with van der Waals surface area (Å²) >= 11 is 0. The van der Waals surface area contributed by atoms with Crippen LogP contribution < -0.4 is 0 Å². The Bertz CT molecular complexity index is 1110. The van der Waals surface area contributed by atoms with Crippen molar-refractivity contribution in [2.45, 2.75) is 64.3 Å². The summed E-state index contributed by atoms with van der Waals surface area (Å²) in [5.74, 6) is -1.09. The fourth-order valence-electron chi connectivity index (χ4n) is 5.77. The van der Waals surface area contributed by atoms with E-state index < -0.39 is 30.6 Å². The summed E-state index contributed by atoms with van der Waals surface area (Å²) in [5, 5.41) is 10.3. The molecule has 3 nitrogen and oxygen atoms in total. The fourth-order valence-corrected chi connectivity index (χ4v) is 5.77. The van der Waals surface area contributed by atoms with E-state index in [-0.39, 0.29) is 24.0 Å². The maximum Gasteiger partial charge on any atom is 0.251 e. The highest BCUT2D eigenvalue weighted by atomic mass is 19.3. The minimum absolute atomic E-state index is 0.0398. The number of hydrogen-bond acceptors (Lipinski definition) is 2. The number of para-hydroxylation sites is 1. The van der Waals surface area contributed by atoms with Gasteiger partial charge in [-0.2, -0.15) is 0 Å². The molecule has 1 fully saturated rings. The third-order valence-corrected chi connectivity index (χ3v) is 7.46. The molecule has 1 saturated carbocycles. The number of nitrogens with zero attached hydrogens (tertiary/aromatic N) is 1. The Labute approximate surface area is 204 Å². The lowest BCUT2D eigenvalue weighted by molar-refractivity contribution is 0.0679. The van der Waals surface area contributed by atoms with Crippen molar-refractivity contribution in [3.05, 3.63) is 70.4 Å². The normalized spacial score (nSPS) is 22.7. The number of benzene rings is 2. The number of H-pyrrole nitrogens is 1. The molecule has 1 aromatic heterocycles. The molecule has 0 bridgehead atoms. The maximum atomic E-state index is 15.5. The largest absolute Gasteiger partial charge is 0.396 e. The van der Waals surface area contributed by atoms with Gasteiger partial charge in [-0.05, 0) is 73.3 Å². The van der Waals surface area contributed by atoms with Crippen LogP contribution in [0.1, 0.15) is 73.9 Å². The maximum absolute atomic E-state index is 15.5. The monoisotopic (exact) mass is 490 g/mol.